The van der Waals surface area contributed by atoms with Crippen LogP contribution in [0.3, 0.4) is 0 Å². The van der Waals surface area contributed by atoms with Gasteiger partial charge in [-0.2, -0.15) is 0 Å². The molecule has 0 unspecified atom stereocenters. The molecule has 0 aliphatic carbocycles. The quantitative estimate of drug-likeness (QED) is 0.919. The van der Waals surface area contributed by atoms with E-state index in [9.17, 15) is 14.7 Å². The molecule has 0 bridgehead atoms. The summed E-state index contributed by atoms with van der Waals surface area (Å²) in [4.78, 5) is 23.8. The molecule has 0 atom stereocenters. The summed E-state index contributed by atoms with van der Waals surface area (Å²) < 4.78 is 11.8. The fourth-order valence-corrected chi connectivity index (χ4v) is 2.35. The number of methoxy groups -OCH3 is 1. The number of carbonyl (C=O) groups is 2. The molecule has 0 aliphatic heterocycles. The van der Waals surface area contributed by atoms with Crippen molar-refractivity contribution in [2.75, 3.05) is 7.11 Å². The van der Waals surface area contributed by atoms with Gasteiger partial charge in [0.05, 0.1) is 12.6 Å². The Morgan fingerprint density at radius 2 is 1.91 bits per heavy atom. The van der Waals surface area contributed by atoms with E-state index in [2.05, 4.69) is 0 Å². The largest absolute Gasteiger partial charge is 0.496 e. The Morgan fingerprint density at radius 1 is 1.27 bits per heavy atom. The van der Waals surface area contributed by atoms with Crippen molar-refractivity contribution in [3.05, 3.63) is 29.5 Å². The normalized spacial score (nSPS) is 11.5. The molecular weight excluding hydrogens is 286 g/mol. The van der Waals surface area contributed by atoms with E-state index in [1.165, 1.54) is 17.9 Å². The van der Waals surface area contributed by atoms with Gasteiger partial charge in [-0.15, -0.1) is 0 Å². The first-order valence-corrected chi connectivity index (χ1v) is 6.81. The zero-order valence-corrected chi connectivity index (χ0v) is 13.3. The van der Waals surface area contributed by atoms with Crippen LogP contribution in [0.25, 0.3) is 10.9 Å². The number of carboxylic acid groups (broad SMARTS) is 1. The summed E-state index contributed by atoms with van der Waals surface area (Å²) in [5.74, 6) is -0.844. The standard InChI is InChI=1S/C16H19NO5/c1-9-8-11(21-5)12(14(18)19)10-6-7-17(13(9)10)15(20)22-16(2,3)4/h6-8H,1-5H3,(H,18,19). The van der Waals surface area contributed by atoms with Gasteiger partial charge >= 0.3 is 12.1 Å². The number of nitrogens with zero attached hydrogens (tertiary/aromatic N) is 1. The van der Waals surface area contributed by atoms with Gasteiger partial charge in [-0.25, -0.2) is 9.59 Å². The maximum Gasteiger partial charge on any atom is 0.419 e. The zero-order valence-electron chi connectivity index (χ0n) is 13.3. The van der Waals surface area contributed by atoms with E-state index in [1.807, 2.05) is 0 Å². The van der Waals surface area contributed by atoms with Crippen LogP contribution in [0, 0.1) is 6.92 Å². The Hall–Kier alpha value is -2.50. The van der Waals surface area contributed by atoms with Crippen molar-refractivity contribution >= 4 is 23.0 Å². The fraction of sp³-hybridized carbons (Fsp3) is 0.375. The third-order valence-corrected chi connectivity index (χ3v) is 3.15. The molecule has 0 amide bonds. The number of aromatic nitrogens is 1. The summed E-state index contributed by atoms with van der Waals surface area (Å²) in [7, 11) is 1.41. The van der Waals surface area contributed by atoms with E-state index in [1.54, 1.807) is 39.8 Å². The average molecular weight is 305 g/mol. The number of hydrogen-bond acceptors (Lipinski definition) is 4. The maximum absolute atomic E-state index is 12.3. The molecule has 0 saturated heterocycles. The molecule has 6 nitrogen and oxygen atoms in total. The Labute approximate surface area is 128 Å². The second-order valence-electron chi connectivity index (χ2n) is 6.00. The van der Waals surface area contributed by atoms with E-state index in [-0.39, 0.29) is 11.3 Å². The number of carbonyl (C=O) groups excluding carboxylic acids is 1. The number of ether oxygens (including phenoxy) is 2. The zero-order chi connectivity index (χ0) is 16.7. The maximum atomic E-state index is 12.3. The van der Waals surface area contributed by atoms with Crippen molar-refractivity contribution in [1.82, 2.24) is 4.57 Å². The van der Waals surface area contributed by atoms with Gasteiger partial charge in [0.2, 0.25) is 0 Å². The molecule has 1 N–H and O–H groups in total. The van der Waals surface area contributed by atoms with E-state index < -0.39 is 17.7 Å². The molecule has 6 heteroatoms. The van der Waals surface area contributed by atoms with Crippen LogP contribution in [-0.2, 0) is 4.74 Å². The first-order chi connectivity index (χ1) is 10.2. The first kappa shape index (κ1) is 15.9. The summed E-state index contributed by atoms with van der Waals surface area (Å²) in [5, 5.41) is 9.85. The highest BCUT2D eigenvalue weighted by Crippen LogP contribution is 2.32. The monoisotopic (exact) mass is 305 g/mol. The molecule has 1 heterocycles. The minimum Gasteiger partial charge on any atom is -0.496 e. The smallest absolute Gasteiger partial charge is 0.419 e. The van der Waals surface area contributed by atoms with Gasteiger partial charge in [0, 0.05) is 11.6 Å². The Bertz CT molecular complexity index is 752. The number of fused-ring (bicyclic) bond motifs is 1. The minimum atomic E-state index is -1.11. The Morgan fingerprint density at radius 3 is 2.41 bits per heavy atom. The highest BCUT2D eigenvalue weighted by molar-refractivity contribution is 6.08. The lowest BCUT2D eigenvalue weighted by atomic mass is 10.1. The van der Waals surface area contributed by atoms with Crippen molar-refractivity contribution in [2.45, 2.75) is 33.3 Å². The van der Waals surface area contributed by atoms with Gasteiger partial charge in [0.1, 0.15) is 16.9 Å². The molecular formula is C16H19NO5. The highest BCUT2D eigenvalue weighted by Gasteiger charge is 2.24. The molecule has 2 rings (SSSR count). The Balaban J connectivity index is 2.69. The second-order valence-corrected chi connectivity index (χ2v) is 6.00. The summed E-state index contributed by atoms with van der Waals surface area (Å²) in [5.41, 5.74) is 0.634. The van der Waals surface area contributed by atoms with E-state index in [0.29, 0.717) is 10.9 Å². The van der Waals surface area contributed by atoms with Crippen molar-refractivity contribution in [3.63, 3.8) is 0 Å². The van der Waals surface area contributed by atoms with E-state index in [4.69, 9.17) is 9.47 Å². The van der Waals surface area contributed by atoms with Crippen LogP contribution in [0.2, 0.25) is 0 Å². The first-order valence-electron chi connectivity index (χ1n) is 6.81. The molecule has 1 aromatic carbocycles. The molecule has 0 radical (unpaired) electrons. The predicted octanol–water partition coefficient (Wildman–Crippen LogP) is 3.44. The van der Waals surface area contributed by atoms with Crippen molar-refractivity contribution < 1.29 is 24.2 Å². The molecule has 0 aliphatic rings. The predicted molar refractivity (Wildman–Crippen MR) is 81.8 cm³/mol. The van der Waals surface area contributed by atoms with Gasteiger partial charge in [0.25, 0.3) is 0 Å². The number of benzene rings is 1. The van der Waals surface area contributed by atoms with Crippen molar-refractivity contribution in [3.8, 4) is 5.75 Å². The highest BCUT2D eigenvalue weighted by atomic mass is 16.6. The van der Waals surface area contributed by atoms with Crippen LogP contribution < -0.4 is 4.74 Å². The molecule has 0 spiro atoms. The van der Waals surface area contributed by atoms with Crippen molar-refractivity contribution in [2.24, 2.45) is 0 Å². The minimum absolute atomic E-state index is 0.0328. The Kier molecular flexibility index (Phi) is 3.87. The summed E-state index contributed by atoms with van der Waals surface area (Å²) in [6, 6.07) is 3.19. The molecule has 118 valence electrons. The lowest BCUT2D eigenvalue weighted by Gasteiger charge is -2.20. The molecule has 1 aromatic heterocycles. The number of rotatable bonds is 2. The lowest BCUT2D eigenvalue weighted by molar-refractivity contribution is 0.0543. The summed E-state index contributed by atoms with van der Waals surface area (Å²) in [6.07, 6.45) is 0.963. The topological polar surface area (TPSA) is 77.8 Å². The van der Waals surface area contributed by atoms with Gasteiger partial charge in [-0.05, 0) is 45.4 Å². The van der Waals surface area contributed by atoms with Crippen molar-refractivity contribution in [1.29, 1.82) is 0 Å². The van der Waals surface area contributed by atoms with Gasteiger partial charge in [-0.1, -0.05) is 0 Å². The summed E-state index contributed by atoms with van der Waals surface area (Å²) in [6.45, 7) is 7.11. The van der Waals surface area contributed by atoms with Crippen LogP contribution >= 0.6 is 0 Å². The third-order valence-electron chi connectivity index (χ3n) is 3.15. The van der Waals surface area contributed by atoms with Gasteiger partial charge < -0.3 is 14.6 Å². The summed E-state index contributed by atoms with van der Waals surface area (Å²) >= 11 is 0. The van der Waals surface area contributed by atoms with Crippen LogP contribution in [0.4, 0.5) is 4.79 Å². The number of aryl methyl sites for hydroxylation is 1. The third kappa shape index (κ3) is 2.77. The van der Waals surface area contributed by atoms with Gasteiger partial charge in [-0.3, -0.25) is 4.57 Å². The molecule has 2 aromatic rings. The van der Waals surface area contributed by atoms with Crippen LogP contribution in [0.5, 0.6) is 5.75 Å². The number of aromatic carboxylic acids is 1. The SMILES string of the molecule is COc1cc(C)c2c(ccn2C(=O)OC(C)(C)C)c1C(=O)O. The lowest BCUT2D eigenvalue weighted by Crippen LogP contribution is -2.26. The van der Waals surface area contributed by atoms with Crippen LogP contribution in [-0.4, -0.2) is 34.4 Å². The number of hydrogen-bond donors (Lipinski definition) is 1. The average Bonchev–Trinajstić information content (AvgIpc) is 2.80. The second kappa shape index (κ2) is 5.36. The number of carboxylic acids is 1. The van der Waals surface area contributed by atoms with Crippen LogP contribution in [0.1, 0.15) is 36.7 Å². The van der Waals surface area contributed by atoms with Gasteiger partial charge in [0.15, 0.2) is 0 Å². The fourth-order valence-electron chi connectivity index (χ4n) is 2.35. The van der Waals surface area contributed by atoms with Crippen LogP contribution in [0.15, 0.2) is 18.3 Å². The van der Waals surface area contributed by atoms with E-state index >= 15 is 0 Å². The molecule has 0 fully saturated rings. The molecule has 0 saturated carbocycles. The van der Waals surface area contributed by atoms with E-state index in [0.717, 1.165) is 5.56 Å². The molecule has 22 heavy (non-hydrogen) atoms.